The lowest BCUT2D eigenvalue weighted by molar-refractivity contribution is 0.591. The second kappa shape index (κ2) is 6.38. The third-order valence-corrected chi connectivity index (χ3v) is 3.63. The molecule has 0 radical (unpaired) electrons. The molecule has 0 amide bonds. The lowest BCUT2D eigenvalue weighted by Crippen LogP contribution is -2.15. The fourth-order valence-electron chi connectivity index (χ4n) is 2.07. The number of hydrogen-bond donors (Lipinski definition) is 1. The summed E-state index contributed by atoms with van der Waals surface area (Å²) in [5.74, 6) is -0.351. The van der Waals surface area contributed by atoms with Crippen molar-refractivity contribution in [3.05, 3.63) is 69.5 Å². The molecule has 2 aromatic rings. The van der Waals surface area contributed by atoms with Crippen molar-refractivity contribution in [3.8, 4) is 0 Å². The summed E-state index contributed by atoms with van der Waals surface area (Å²) in [4.78, 5) is 0. The van der Waals surface area contributed by atoms with Crippen molar-refractivity contribution in [3.63, 3.8) is 0 Å². The molecule has 0 saturated carbocycles. The lowest BCUT2D eigenvalue weighted by atomic mass is 9.92. The molecule has 0 fully saturated rings. The highest BCUT2D eigenvalue weighted by Gasteiger charge is 2.15. The van der Waals surface area contributed by atoms with Crippen LogP contribution in [0, 0.1) is 5.82 Å². The molecule has 0 bridgehead atoms. The number of rotatable bonds is 4. The number of hydrogen-bond acceptors (Lipinski definition) is 1. The van der Waals surface area contributed by atoms with E-state index in [1.54, 1.807) is 18.2 Å². The maximum Gasteiger partial charge on any atom is 0.144 e. The summed E-state index contributed by atoms with van der Waals surface area (Å²) in [5, 5.41) is 0.793. The van der Waals surface area contributed by atoms with Crippen molar-refractivity contribution in [1.82, 2.24) is 0 Å². The molecule has 0 aliphatic heterocycles. The smallest absolute Gasteiger partial charge is 0.144 e. The van der Waals surface area contributed by atoms with E-state index in [-0.39, 0.29) is 16.8 Å². The number of halogens is 3. The first kappa shape index (κ1) is 14.3. The molecule has 0 spiro atoms. The van der Waals surface area contributed by atoms with Gasteiger partial charge in [0.1, 0.15) is 5.82 Å². The summed E-state index contributed by atoms with van der Waals surface area (Å²) in [7, 11) is 0. The minimum atomic E-state index is -0.371. The first-order chi connectivity index (χ1) is 9.11. The van der Waals surface area contributed by atoms with Crippen LogP contribution in [-0.2, 0) is 6.42 Å². The van der Waals surface area contributed by atoms with Gasteiger partial charge in [0, 0.05) is 10.9 Å². The van der Waals surface area contributed by atoms with Gasteiger partial charge >= 0.3 is 0 Å². The van der Waals surface area contributed by atoms with E-state index in [2.05, 4.69) is 0 Å². The topological polar surface area (TPSA) is 26.0 Å². The molecule has 0 aliphatic carbocycles. The largest absolute Gasteiger partial charge is 0.330 e. The van der Waals surface area contributed by atoms with Gasteiger partial charge in [-0.2, -0.15) is 0 Å². The Morgan fingerprint density at radius 3 is 2.53 bits per heavy atom. The Morgan fingerprint density at radius 1 is 1.11 bits per heavy atom. The fourth-order valence-corrected chi connectivity index (χ4v) is 2.46. The Kier molecular flexibility index (Phi) is 4.81. The average molecular weight is 298 g/mol. The van der Waals surface area contributed by atoms with Gasteiger partial charge in [0.15, 0.2) is 0 Å². The molecular weight excluding hydrogens is 284 g/mol. The van der Waals surface area contributed by atoms with Crippen LogP contribution in [0.1, 0.15) is 17.0 Å². The molecule has 100 valence electrons. The SMILES string of the molecule is NCC(Cc1cccc(Cl)c1F)c1cccc(Cl)c1. The average Bonchev–Trinajstić information content (AvgIpc) is 2.40. The van der Waals surface area contributed by atoms with Gasteiger partial charge in [0.25, 0.3) is 0 Å². The first-order valence-corrected chi connectivity index (χ1v) is 6.76. The Labute approximate surface area is 122 Å². The monoisotopic (exact) mass is 297 g/mol. The van der Waals surface area contributed by atoms with Crippen LogP contribution in [0.5, 0.6) is 0 Å². The van der Waals surface area contributed by atoms with Crippen LogP contribution >= 0.6 is 23.2 Å². The normalized spacial score (nSPS) is 12.4. The van der Waals surface area contributed by atoms with Gasteiger partial charge in [-0.25, -0.2) is 4.39 Å². The highest BCUT2D eigenvalue weighted by molar-refractivity contribution is 6.31. The van der Waals surface area contributed by atoms with Crippen molar-refractivity contribution < 1.29 is 4.39 Å². The van der Waals surface area contributed by atoms with Gasteiger partial charge in [0.2, 0.25) is 0 Å². The summed E-state index contributed by atoms with van der Waals surface area (Å²) >= 11 is 11.8. The van der Waals surface area contributed by atoms with E-state index < -0.39 is 0 Å². The molecular formula is C15H14Cl2FN. The number of nitrogens with two attached hydrogens (primary N) is 1. The van der Waals surface area contributed by atoms with Gasteiger partial charge in [-0.3, -0.25) is 0 Å². The standard InChI is InChI=1S/C15H14Cl2FN/c16-13-5-1-3-10(8-13)12(9-19)7-11-4-2-6-14(17)15(11)18/h1-6,8,12H,7,9,19H2. The van der Waals surface area contributed by atoms with E-state index in [0.29, 0.717) is 23.6 Å². The molecule has 1 nitrogen and oxygen atoms in total. The molecule has 2 rings (SSSR count). The molecule has 2 N–H and O–H groups in total. The van der Waals surface area contributed by atoms with Gasteiger partial charge in [-0.1, -0.05) is 47.5 Å². The van der Waals surface area contributed by atoms with Crippen molar-refractivity contribution in [2.24, 2.45) is 5.73 Å². The third kappa shape index (κ3) is 3.47. The molecule has 0 aromatic heterocycles. The maximum absolute atomic E-state index is 13.9. The summed E-state index contributed by atoms with van der Waals surface area (Å²) in [6.07, 6.45) is 0.503. The Bertz CT molecular complexity index is 572. The van der Waals surface area contributed by atoms with Crippen LogP contribution in [0.4, 0.5) is 4.39 Å². The van der Waals surface area contributed by atoms with Crippen LogP contribution in [0.15, 0.2) is 42.5 Å². The number of benzene rings is 2. The van der Waals surface area contributed by atoms with Crippen molar-refractivity contribution >= 4 is 23.2 Å². The van der Waals surface area contributed by atoms with Crippen molar-refractivity contribution in [2.45, 2.75) is 12.3 Å². The predicted octanol–water partition coefficient (Wildman–Crippen LogP) is 4.42. The second-order valence-electron chi connectivity index (χ2n) is 4.40. The molecule has 0 saturated heterocycles. The molecule has 1 unspecified atom stereocenters. The first-order valence-electron chi connectivity index (χ1n) is 6.00. The maximum atomic E-state index is 13.9. The molecule has 4 heteroatoms. The lowest BCUT2D eigenvalue weighted by Gasteiger charge is -2.16. The third-order valence-electron chi connectivity index (χ3n) is 3.10. The van der Waals surface area contributed by atoms with Crippen LogP contribution in [0.3, 0.4) is 0 Å². The Morgan fingerprint density at radius 2 is 1.84 bits per heavy atom. The van der Waals surface area contributed by atoms with Crippen molar-refractivity contribution in [2.75, 3.05) is 6.54 Å². The highest BCUT2D eigenvalue weighted by Crippen LogP contribution is 2.26. The van der Waals surface area contributed by atoms with E-state index in [9.17, 15) is 4.39 Å². The minimum absolute atomic E-state index is 0.0201. The van der Waals surface area contributed by atoms with E-state index in [4.69, 9.17) is 28.9 Å². The Balaban J connectivity index is 2.26. The van der Waals surface area contributed by atoms with Crippen LogP contribution in [0.2, 0.25) is 10.0 Å². The summed E-state index contributed by atoms with van der Waals surface area (Å²) < 4.78 is 13.9. The summed E-state index contributed by atoms with van der Waals surface area (Å²) in [5.41, 5.74) is 7.37. The van der Waals surface area contributed by atoms with Crippen LogP contribution in [-0.4, -0.2) is 6.54 Å². The summed E-state index contributed by atoms with van der Waals surface area (Å²) in [6, 6.07) is 12.5. The molecule has 0 aliphatic rings. The molecule has 2 aromatic carbocycles. The predicted molar refractivity (Wildman–Crippen MR) is 78.4 cm³/mol. The van der Waals surface area contributed by atoms with E-state index in [1.807, 2.05) is 18.2 Å². The van der Waals surface area contributed by atoms with Gasteiger partial charge in [0.05, 0.1) is 5.02 Å². The Hall–Kier alpha value is -1.09. The van der Waals surface area contributed by atoms with Crippen LogP contribution in [0.25, 0.3) is 0 Å². The van der Waals surface area contributed by atoms with Gasteiger partial charge in [-0.05, 0) is 42.3 Å². The van der Waals surface area contributed by atoms with E-state index >= 15 is 0 Å². The molecule has 1 atom stereocenters. The van der Waals surface area contributed by atoms with Gasteiger partial charge in [-0.15, -0.1) is 0 Å². The zero-order valence-corrected chi connectivity index (χ0v) is 11.8. The van der Waals surface area contributed by atoms with Gasteiger partial charge < -0.3 is 5.73 Å². The van der Waals surface area contributed by atoms with Crippen LogP contribution < -0.4 is 5.73 Å². The zero-order chi connectivity index (χ0) is 13.8. The van der Waals surface area contributed by atoms with E-state index in [1.165, 1.54) is 6.07 Å². The molecule has 19 heavy (non-hydrogen) atoms. The van der Waals surface area contributed by atoms with Crippen molar-refractivity contribution in [1.29, 1.82) is 0 Å². The molecule has 0 heterocycles. The quantitative estimate of drug-likeness (QED) is 0.888. The fraction of sp³-hybridized carbons (Fsp3) is 0.200. The summed E-state index contributed by atoms with van der Waals surface area (Å²) in [6.45, 7) is 0.423. The second-order valence-corrected chi connectivity index (χ2v) is 5.25. The highest BCUT2D eigenvalue weighted by atomic mass is 35.5. The minimum Gasteiger partial charge on any atom is -0.330 e. The van der Waals surface area contributed by atoms with E-state index in [0.717, 1.165) is 5.56 Å². The zero-order valence-electron chi connectivity index (χ0n) is 10.2.